The van der Waals surface area contributed by atoms with E-state index in [2.05, 4.69) is 0 Å². The van der Waals surface area contributed by atoms with Gasteiger partial charge in [-0.15, -0.1) is 0 Å². The number of carboxylic acids is 1. The van der Waals surface area contributed by atoms with Gasteiger partial charge in [0.1, 0.15) is 0 Å². The average Bonchev–Trinajstić information content (AvgIpc) is 2.42. The summed E-state index contributed by atoms with van der Waals surface area (Å²) in [6.45, 7) is 2.17. The Hall–Kier alpha value is -2.13. The van der Waals surface area contributed by atoms with Crippen LogP contribution >= 0.6 is 0 Å². The van der Waals surface area contributed by atoms with E-state index in [1.54, 1.807) is 6.07 Å². The predicted octanol–water partition coefficient (Wildman–Crippen LogP) is 3.34. The van der Waals surface area contributed by atoms with Gasteiger partial charge in [-0.1, -0.05) is 54.6 Å². The number of aliphatic carboxylic acids is 1. The van der Waals surface area contributed by atoms with Crippen molar-refractivity contribution in [3.05, 3.63) is 71.3 Å². The van der Waals surface area contributed by atoms with Crippen LogP contribution in [-0.4, -0.2) is 11.1 Å². The van der Waals surface area contributed by atoms with Crippen molar-refractivity contribution in [2.24, 2.45) is 0 Å². The molecular weight excluding hydrogens is 240 g/mol. The highest BCUT2D eigenvalue weighted by Crippen LogP contribution is 2.22. The second-order valence-electron chi connectivity index (χ2n) is 4.37. The highest BCUT2D eigenvalue weighted by atomic mass is 16.5. The summed E-state index contributed by atoms with van der Waals surface area (Å²) in [5.74, 6) is -0.967. The first-order valence-corrected chi connectivity index (χ1v) is 6.12. The molecule has 2 aromatic carbocycles. The van der Waals surface area contributed by atoms with Crippen LogP contribution < -0.4 is 0 Å². The Morgan fingerprint density at radius 1 is 1.11 bits per heavy atom. The normalized spacial score (nSPS) is 12.1. The fourth-order valence-electron chi connectivity index (χ4n) is 1.93. The number of hydrogen-bond acceptors (Lipinski definition) is 2. The minimum Gasteiger partial charge on any atom is -0.479 e. The Morgan fingerprint density at radius 2 is 1.74 bits per heavy atom. The van der Waals surface area contributed by atoms with Crippen molar-refractivity contribution in [3.8, 4) is 0 Å². The fraction of sp³-hybridized carbons (Fsp3) is 0.188. The van der Waals surface area contributed by atoms with Gasteiger partial charge in [-0.25, -0.2) is 4.79 Å². The second-order valence-corrected chi connectivity index (χ2v) is 4.37. The summed E-state index contributed by atoms with van der Waals surface area (Å²) in [5, 5.41) is 9.30. The Morgan fingerprint density at radius 3 is 2.37 bits per heavy atom. The van der Waals surface area contributed by atoms with Crippen LogP contribution in [0.3, 0.4) is 0 Å². The van der Waals surface area contributed by atoms with Gasteiger partial charge in [0.05, 0.1) is 6.61 Å². The molecule has 1 N–H and O–H groups in total. The molecule has 0 aromatic heterocycles. The summed E-state index contributed by atoms with van der Waals surface area (Å²) in [5.41, 5.74) is 2.58. The molecule has 0 spiro atoms. The monoisotopic (exact) mass is 256 g/mol. The maximum atomic E-state index is 11.3. The highest BCUT2D eigenvalue weighted by Gasteiger charge is 2.21. The van der Waals surface area contributed by atoms with Gasteiger partial charge in [0.15, 0.2) is 6.10 Å². The van der Waals surface area contributed by atoms with E-state index in [1.807, 2.05) is 55.5 Å². The number of rotatable bonds is 5. The minimum absolute atomic E-state index is 0.284. The number of carboxylic acid groups (broad SMARTS) is 1. The molecule has 0 saturated heterocycles. The molecule has 0 bridgehead atoms. The van der Waals surface area contributed by atoms with Crippen molar-refractivity contribution < 1.29 is 14.6 Å². The van der Waals surface area contributed by atoms with Crippen molar-refractivity contribution in [3.63, 3.8) is 0 Å². The lowest BCUT2D eigenvalue weighted by molar-refractivity contribution is -0.151. The third-order valence-electron chi connectivity index (χ3n) is 2.95. The molecule has 0 aliphatic rings. The molecule has 1 unspecified atom stereocenters. The van der Waals surface area contributed by atoms with E-state index in [0.717, 1.165) is 11.1 Å². The summed E-state index contributed by atoms with van der Waals surface area (Å²) in [7, 11) is 0. The van der Waals surface area contributed by atoms with Crippen LogP contribution in [0.1, 0.15) is 22.8 Å². The number of carbonyl (C=O) groups is 1. The van der Waals surface area contributed by atoms with Crippen LogP contribution in [0.25, 0.3) is 0 Å². The van der Waals surface area contributed by atoms with Gasteiger partial charge in [0.2, 0.25) is 0 Å². The Balaban J connectivity index is 2.14. The number of hydrogen-bond donors (Lipinski definition) is 1. The topological polar surface area (TPSA) is 46.5 Å². The molecule has 0 amide bonds. The number of aryl methyl sites for hydroxylation is 1. The molecule has 0 radical (unpaired) electrons. The zero-order valence-corrected chi connectivity index (χ0v) is 10.7. The first-order chi connectivity index (χ1) is 9.18. The van der Waals surface area contributed by atoms with Crippen LogP contribution in [0, 0.1) is 6.92 Å². The van der Waals surface area contributed by atoms with Crippen molar-refractivity contribution >= 4 is 5.97 Å². The average molecular weight is 256 g/mol. The lowest BCUT2D eigenvalue weighted by Crippen LogP contribution is -2.16. The van der Waals surface area contributed by atoms with Crippen LogP contribution in [0.2, 0.25) is 0 Å². The molecule has 0 heterocycles. The van der Waals surface area contributed by atoms with Gasteiger partial charge < -0.3 is 9.84 Å². The largest absolute Gasteiger partial charge is 0.479 e. The molecule has 3 nitrogen and oxygen atoms in total. The highest BCUT2D eigenvalue weighted by molar-refractivity contribution is 5.74. The lowest BCUT2D eigenvalue weighted by atomic mass is 10.0. The maximum absolute atomic E-state index is 11.3. The van der Waals surface area contributed by atoms with E-state index in [1.165, 1.54) is 0 Å². The zero-order valence-electron chi connectivity index (χ0n) is 10.7. The van der Waals surface area contributed by atoms with Gasteiger partial charge >= 0.3 is 5.97 Å². The predicted molar refractivity (Wildman–Crippen MR) is 72.8 cm³/mol. The Kier molecular flexibility index (Phi) is 4.31. The fourth-order valence-corrected chi connectivity index (χ4v) is 1.93. The number of ether oxygens (including phenoxy) is 1. The van der Waals surface area contributed by atoms with Crippen LogP contribution in [0.4, 0.5) is 0 Å². The van der Waals surface area contributed by atoms with Gasteiger partial charge in [-0.05, 0) is 23.6 Å². The summed E-state index contributed by atoms with van der Waals surface area (Å²) in [6.07, 6.45) is -0.929. The quantitative estimate of drug-likeness (QED) is 0.892. The van der Waals surface area contributed by atoms with Crippen molar-refractivity contribution in [2.75, 3.05) is 0 Å². The van der Waals surface area contributed by atoms with Gasteiger partial charge in [-0.3, -0.25) is 0 Å². The van der Waals surface area contributed by atoms with Gasteiger partial charge in [0.25, 0.3) is 0 Å². The van der Waals surface area contributed by atoms with Crippen LogP contribution in [0.15, 0.2) is 54.6 Å². The molecule has 0 aliphatic carbocycles. The Bertz CT molecular complexity index is 549. The number of benzene rings is 2. The summed E-state index contributed by atoms with van der Waals surface area (Å²) in [6, 6.07) is 16.9. The molecular formula is C16H16O3. The molecule has 2 rings (SSSR count). The first kappa shape index (κ1) is 13.3. The zero-order chi connectivity index (χ0) is 13.7. The molecule has 98 valence electrons. The Labute approximate surface area is 112 Å². The van der Waals surface area contributed by atoms with E-state index in [0.29, 0.717) is 5.56 Å². The summed E-state index contributed by atoms with van der Waals surface area (Å²) >= 11 is 0. The van der Waals surface area contributed by atoms with E-state index < -0.39 is 12.1 Å². The van der Waals surface area contributed by atoms with Gasteiger partial charge in [-0.2, -0.15) is 0 Å². The first-order valence-electron chi connectivity index (χ1n) is 6.12. The third kappa shape index (κ3) is 3.42. The lowest BCUT2D eigenvalue weighted by Gasteiger charge is -2.16. The molecule has 2 aromatic rings. The third-order valence-corrected chi connectivity index (χ3v) is 2.95. The maximum Gasteiger partial charge on any atom is 0.337 e. The van der Waals surface area contributed by atoms with Crippen LogP contribution in [-0.2, 0) is 16.1 Å². The van der Waals surface area contributed by atoms with E-state index >= 15 is 0 Å². The standard InChI is InChI=1S/C16H16O3/c1-12-7-5-6-10-14(12)15(16(17)18)19-11-13-8-3-2-4-9-13/h2-10,15H,11H2,1H3,(H,17,18). The van der Waals surface area contributed by atoms with Crippen molar-refractivity contribution in [1.82, 2.24) is 0 Å². The minimum atomic E-state index is -0.967. The summed E-state index contributed by atoms with van der Waals surface area (Å²) in [4.78, 5) is 11.3. The molecule has 0 fully saturated rings. The van der Waals surface area contributed by atoms with Crippen LogP contribution in [0.5, 0.6) is 0 Å². The van der Waals surface area contributed by atoms with E-state index in [4.69, 9.17) is 4.74 Å². The van der Waals surface area contributed by atoms with Crippen molar-refractivity contribution in [1.29, 1.82) is 0 Å². The van der Waals surface area contributed by atoms with E-state index in [-0.39, 0.29) is 6.61 Å². The molecule has 19 heavy (non-hydrogen) atoms. The smallest absolute Gasteiger partial charge is 0.337 e. The summed E-state index contributed by atoms with van der Waals surface area (Å²) < 4.78 is 5.56. The van der Waals surface area contributed by atoms with E-state index in [9.17, 15) is 9.90 Å². The molecule has 3 heteroatoms. The molecule has 0 aliphatic heterocycles. The molecule has 0 saturated carbocycles. The van der Waals surface area contributed by atoms with Gasteiger partial charge in [0, 0.05) is 0 Å². The SMILES string of the molecule is Cc1ccccc1C(OCc1ccccc1)C(=O)O. The van der Waals surface area contributed by atoms with Crippen molar-refractivity contribution in [2.45, 2.75) is 19.6 Å². The molecule has 1 atom stereocenters. The second kappa shape index (κ2) is 6.16.